The van der Waals surface area contributed by atoms with Crippen molar-refractivity contribution in [2.24, 2.45) is 0 Å². The molecule has 4 heteroatoms. The van der Waals surface area contributed by atoms with E-state index in [-0.39, 0.29) is 0 Å². The first kappa shape index (κ1) is 9.40. The van der Waals surface area contributed by atoms with Crippen LogP contribution in [0.25, 0.3) is 0 Å². The Kier molecular flexibility index (Phi) is 2.28. The summed E-state index contributed by atoms with van der Waals surface area (Å²) in [5, 5.41) is 3.32. The first-order valence-electron chi connectivity index (χ1n) is 5.55. The average Bonchev–Trinajstić information content (AvgIpc) is 3.12. The van der Waals surface area contributed by atoms with Gasteiger partial charge in [-0.1, -0.05) is 0 Å². The minimum absolute atomic E-state index is 0.523. The molecule has 2 fully saturated rings. The molecule has 1 N–H and O–H groups in total. The normalized spacial score (nSPS) is 20.3. The molecule has 2 aliphatic carbocycles. The van der Waals surface area contributed by atoms with Crippen LogP contribution in [0.15, 0.2) is 6.20 Å². The quantitative estimate of drug-likeness (QED) is 0.798. The van der Waals surface area contributed by atoms with Gasteiger partial charge in [-0.2, -0.15) is 0 Å². The topological polar surface area (TPSA) is 37.8 Å². The maximum absolute atomic E-state index is 5.87. The van der Waals surface area contributed by atoms with E-state index in [4.69, 9.17) is 11.6 Å². The van der Waals surface area contributed by atoms with Gasteiger partial charge in [0.05, 0.1) is 11.6 Å². The van der Waals surface area contributed by atoms with Crippen molar-refractivity contribution in [1.82, 2.24) is 9.97 Å². The fraction of sp³-hybridized carbons (Fsp3) is 0.636. The summed E-state index contributed by atoms with van der Waals surface area (Å²) in [6.45, 7) is 0. The number of anilines is 1. The highest BCUT2D eigenvalue weighted by Crippen LogP contribution is 2.41. The van der Waals surface area contributed by atoms with Crippen LogP contribution >= 0.6 is 11.6 Å². The van der Waals surface area contributed by atoms with Crippen LogP contribution in [0.4, 0.5) is 5.95 Å². The van der Waals surface area contributed by atoms with Crippen molar-refractivity contribution < 1.29 is 0 Å². The number of hydrogen-bond acceptors (Lipinski definition) is 3. The second-order valence-electron chi connectivity index (χ2n) is 4.43. The summed E-state index contributed by atoms with van der Waals surface area (Å²) in [5.74, 6) is 1.95. The summed E-state index contributed by atoms with van der Waals surface area (Å²) in [7, 11) is 0. The Bertz CT molecular complexity index is 372. The molecule has 1 heterocycles. The number of hydrogen-bond donors (Lipinski definition) is 1. The predicted molar refractivity (Wildman–Crippen MR) is 60.2 cm³/mol. The van der Waals surface area contributed by atoms with E-state index in [1.54, 1.807) is 0 Å². The molecule has 1 aromatic rings. The minimum Gasteiger partial charge on any atom is -0.351 e. The van der Waals surface area contributed by atoms with Gasteiger partial charge in [-0.3, -0.25) is 0 Å². The number of halogens is 1. The molecule has 3 nitrogen and oxygen atoms in total. The molecule has 15 heavy (non-hydrogen) atoms. The van der Waals surface area contributed by atoms with Crippen LogP contribution in [0.1, 0.15) is 42.9 Å². The second kappa shape index (κ2) is 3.63. The molecule has 0 bridgehead atoms. The van der Waals surface area contributed by atoms with Crippen LogP contribution in [0.3, 0.4) is 0 Å². The zero-order valence-electron chi connectivity index (χ0n) is 8.54. The standard InChI is InChI=1S/C11H14ClN3/c12-5-8-6-13-11(14-9-3-4-9)15-10(8)7-1-2-7/h6-7,9H,1-5H2,(H,13,14,15). The van der Waals surface area contributed by atoms with Gasteiger partial charge in [0.1, 0.15) is 0 Å². The van der Waals surface area contributed by atoms with Crippen molar-refractivity contribution in [1.29, 1.82) is 0 Å². The zero-order valence-corrected chi connectivity index (χ0v) is 9.30. The SMILES string of the molecule is ClCc1cnc(NC2CC2)nc1C1CC1. The number of nitrogens with one attached hydrogen (secondary N) is 1. The van der Waals surface area contributed by atoms with Crippen molar-refractivity contribution in [3.05, 3.63) is 17.5 Å². The van der Waals surface area contributed by atoms with E-state index in [9.17, 15) is 0 Å². The van der Waals surface area contributed by atoms with E-state index in [0.717, 1.165) is 11.5 Å². The van der Waals surface area contributed by atoms with E-state index in [2.05, 4.69) is 15.3 Å². The molecule has 0 aromatic carbocycles. The summed E-state index contributed by atoms with van der Waals surface area (Å²) in [4.78, 5) is 8.87. The lowest BCUT2D eigenvalue weighted by molar-refractivity contribution is 0.938. The zero-order chi connectivity index (χ0) is 10.3. The lowest BCUT2D eigenvalue weighted by atomic mass is 10.2. The molecule has 80 valence electrons. The third-order valence-corrected chi connectivity index (χ3v) is 3.20. The van der Waals surface area contributed by atoms with Crippen LogP contribution in [0.5, 0.6) is 0 Å². The summed E-state index contributed by atoms with van der Waals surface area (Å²) in [6.07, 6.45) is 6.88. The van der Waals surface area contributed by atoms with Gasteiger partial charge in [0, 0.05) is 23.7 Å². The maximum Gasteiger partial charge on any atom is 0.223 e. The van der Waals surface area contributed by atoms with Gasteiger partial charge in [-0.05, 0) is 25.7 Å². The molecule has 3 rings (SSSR count). The Morgan fingerprint density at radius 2 is 2.13 bits per heavy atom. The summed E-state index contributed by atoms with van der Waals surface area (Å²) < 4.78 is 0. The van der Waals surface area contributed by atoms with Crippen LogP contribution in [-0.2, 0) is 5.88 Å². The number of nitrogens with zero attached hydrogens (tertiary/aromatic N) is 2. The van der Waals surface area contributed by atoms with Crippen LogP contribution < -0.4 is 5.32 Å². The molecule has 0 radical (unpaired) electrons. The first-order valence-corrected chi connectivity index (χ1v) is 6.08. The largest absolute Gasteiger partial charge is 0.351 e. The Balaban J connectivity index is 1.85. The average molecular weight is 224 g/mol. The van der Waals surface area contributed by atoms with Gasteiger partial charge in [-0.25, -0.2) is 9.97 Å². The molecule has 0 unspecified atom stereocenters. The van der Waals surface area contributed by atoms with E-state index in [1.165, 1.54) is 31.4 Å². The second-order valence-corrected chi connectivity index (χ2v) is 4.70. The lowest BCUT2D eigenvalue weighted by Gasteiger charge is -2.08. The lowest BCUT2D eigenvalue weighted by Crippen LogP contribution is -2.08. The molecule has 0 spiro atoms. The minimum atomic E-state index is 0.523. The van der Waals surface area contributed by atoms with Crippen molar-refractivity contribution >= 4 is 17.5 Å². The van der Waals surface area contributed by atoms with Gasteiger partial charge < -0.3 is 5.32 Å². The van der Waals surface area contributed by atoms with Crippen molar-refractivity contribution in [2.75, 3.05) is 5.32 Å². The fourth-order valence-electron chi connectivity index (χ4n) is 1.71. The van der Waals surface area contributed by atoms with Crippen molar-refractivity contribution in [2.45, 2.75) is 43.5 Å². The smallest absolute Gasteiger partial charge is 0.223 e. The van der Waals surface area contributed by atoms with Gasteiger partial charge >= 0.3 is 0 Å². The summed E-state index contributed by atoms with van der Waals surface area (Å²) >= 11 is 5.87. The van der Waals surface area contributed by atoms with Crippen LogP contribution in [0, 0.1) is 0 Å². The van der Waals surface area contributed by atoms with E-state index >= 15 is 0 Å². The van der Waals surface area contributed by atoms with Crippen molar-refractivity contribution in [3.63, 3.8) is 0 Å². The number of rotatable bonds is 4. The van der Waals surface area contributed by atoms with Gasteiger partial charge in [0.2, 0.25) is 5.95 Å². The molecule has 0 atom stereocenters. The van der Waals surface area contributed by atoms with E-state index in [0.29, 0.717) is 17.8 Å². The highest BCUT2D eigenvalue weighted by molar-refractivity contribution is 6.17. The van der Waals surface area contributed by atoms with E-state index < -0.39 is 0 Å². The Labute approximate surface area is 94.3 Å². The summed E-state index contributed by atoms with van der Waals surface area (Å²) in [6, 6.07) is 0.610. The summed E-state index contributed by atoms with van der Waals surface area (Å²) in [5.41, 5.74) is 2.27. The molecule has 0 saturated heterocycles. The predicted octanol–water partition coefficient (Wildman–Crippen LogP) is 2.67. The van der Waals surface area contributed by atoms with Crippen LogP contribution in [-0.4, -0.2) is 16.0 Å². The molecule has 0 amide bonds. The van der Waals surface area contributed by atoms with Gasteiger partial charge in [-0.15, -0.1) is 11.6 Å². The van der Waals surface area contributed by atoms with E-state index in [1.807, 2.05) is 6.20 Å². The van der Waals surface area contributed by atoms with Crippen LogP contribution in [0.2, 0.25) is 0 Å². The third kappa shape index (κ3) is 2.07. The Morgan fingerprint density at radius 3 is 2.73 bits per heavy atom. The molecule has 1 aromatic heterocycles. The maximum atomic E-state index is 5.87. The highest BCUT2D eigenvalue weighted by atomic mass is 35.5. The molecule has 0 aliphatic heterocycles. The number of alkyl halides is 1. The Hall–Kier alpha value is -0.830. The molecule has 2 aliphatic rings. The number of aromatic nitrogens is 2. The third-order valence-electron chi connectivity index (χ3n) is 2.92. The molecular weight excluding hydrogens is 210 g/mol. The van der Waals surface area contributed by atoms with Crippen molar-refractivity contribution in [3.8, 4) is 0 Å². The molecular formula is C11H14ClN3. The Morgan fingerprint density at radius 1 is 1.33 bits per heavy atom. The highest BCUT2D eigenvalue weighted by Gasteiger charge is 2.29. The molecule has 2 saturated carbocycles. The van der Waals surface area contributed by atoms with Gasteiger partial charge in [0.25, 0.3) is 0 Å². The monoisotopic (exact) mass is 223 g/mol. The van der Waals surface area contributed by atoms with Gasteiger partial charge in [0.15, 0.2) is 0 Å². The first-order chi connectivity index (χ1) is 7.36. The fourth-order valence-corrected chi connectivity index (χ4v) is 1.92.